The van der Waals surface area contributed by atoms with Crippen LogP contribution in [0.25, 0.3) is 11.0 Å². The van der Waals surface area contributed by atoms with Gasteiger partial charge in [-0.15, -0.1) is 0 Å². The molecule has 1 aliphatic heterocycles. The van der Waals surface area contributed by atoms with Gasteiger partial charge < -0.3 is 44.2 Å². The lowest BCUT2D eigenvalue weighted by atomic mass is 9.77. The van der Waals surface area contributed by atoms with Crippen molar-refractivity contribution >= 4 is 46.0 Å². The number of aliphatic hydroxyl groups is 3. The molecule has 0 bridgehead atoms. The monoisotopic (exact) mass is 682 g/mol. The fourth-order valence-electron chi connectivity index (χ4n) is 6.21. The molecule has 11 nitrogen and oxygen atoms in total. The van der Waals surface area contributed by atoms with Crippen LogP contribution in [-0.2, 0) is 17.9 Å². The number of para-hydroxylation sites is 1. The molecular formula is C34H32Cl2N2O9. The average Bonchev–Trinajstić information content (AvgIpc) is 3.70. The Morgan fingerprint density at radius 2 is 1.77 bits per heavy atom. The molecule has 246 valence electrons. The number of rotatable bonds is 10. The molecule has 6 rings (SSSR count). The van der Waals surface area contributed by atoms with Crippen molar-refractivity contribution in [1.29, 1.82) is 0 Å². The summed E-state index contributed by atoms with van der Waals surface area (Å²) in [5.41, 5.74) is 2.23. The van der Waals surface area contributed by atoms with Gasteiger partial charge in [0, 0.05) is 29.6 Å². The van der Waals surface area contributed by atoms with Crippen molar-refractivity contribution in [2.24, 2.45) is 0 Å². The Bertz CT molecular complexity index is 1870. The first-order chi connectivity index (χ1) is 22.7. The number of furan rings is 1. The second-order valence-electron chi connectivity index (χ2n) is 11.2. The van der Waals surface area contributed by atoms with E-state index in [1.165, 1.54) is 25.2 Å². The van der Waals surface area contributed by atoms with Crippen LogP contribution in [0.1, 0.15) is 33.2 Å². The number of aliphatic hydroxyl groups excluding tert-OH is 3. The quantitative estimate of drug-likeness (QED) is 0.193. The van der Waals surface area contributed by atoms with E-state index >= 15 is 0 Å². The van der Waals surface area contributed by atoms with Gasteiger partial charge in [-0.05, 0) is 53.6 Å². The smallest absolute Gasteiger partial charge is 0.290 e. The Morgan fingerprint density at radius 1 is 0.979 bits per heavy atom. The van der Waals surface area contributed by atoms with Crippen LogP contribution in [0.2, 0.25) is 10.0 Å². The Balaban J connectivity index is 1.49. The zero-order chi connectivity index (χ0) is 33.4. The second kappa shape index (κ2) is 13.5. The molecule has 0 fully saturated rings. The van der Waals surface area contributed by atoms with Crippen molar-refractivity contribution in [1.82, 2.24) is 10.2 Å². The number of ether oxygens (including phenoxy) is 3. The number of nitrogens with zero attached hydrogens (tertiary/aromatic N) is 1. The zero-order valence-electron chi connectivity index (χ0n) is 25.4. The molecule has 0 saturated carbocycles. The standard InChI is InChI=1S/C34H32Cl2N2O9/c1-44-25-5-3-4-19-13-27(46-30(19)25)34(43)38(15-17-6-7-22(35)23(36)11-17)24-14-21(33(42)37-8-9-39)28-20-10-18(16-40)12-26(45-2)31(20)47-32(28)29(24)41/h3-7,10-14,24,28-29,32,39-41H,8-9,15-16H2,1-2H3,(H,37,42)/t24-,28+,29+,32+/m1/s1. The van der Waals surface area contributed by atoms with E-state index in [1.54, 1.807) is 54.6 Å². The number of halogens is 2. The van der Waals surface area contributed by atoms with Crippen LogP contribution in [0.15, 0.2) is 70.7 Å². The number of benzene rings is 3. The van der Waals surface area contributed by atoms with E-state index in [9.17, 15) is 24.9 Å². The summed E-state index contributed by atoms with van der Waals surface area (Å²) in [5.74, 6) is -0.845. The van der Waals surface area contributed by atoms with Crippen LogP contribution in [0.3, 0.4) is 0 Å². The minimum Gasteiger partial charge on any atom is -0.493 e. The molecule has 3 aromatic carbocycles. The van der Waals surface area contributed by atoms with Gasteiger partial charge in [0.2, 0.25) is 5.91 Å². The lowest BCUT2D eigenvalue weighted by Crippen LogP contribution is -2.55. The minimum absolute atomic E-state index is 0.0246. The van der Waals surface area contributed by atoms with Gasteiger partial charge in [-0.25, -0.2) is 0 Å². The first kappa shape index (κ1) is 32.7. The van der Waals surface area contributed by atoms with Crippen LogP contribution in [0.5, 0.6) is 17.2 Å². The molecule has 13 heteroatoms. The van der Waals surface area contributed by atoms with Crippen LogP contribution in [0.4, 0.5) is 0 Å². The van der Waals surface area contributed by atoms with Gasteiger partial charge in [0.05, 0.1) is 49.4 Å². The summed E-state index contributed by atoms with van der Waals surface area (Å²) in [4.78, 5) is 29.5. The van der Waals surface area contributed by atoms with Gasteiger partial charge in [0.15, 0.2) is 28.6 Å². The number of hydrogen-bond acceptors (Lipinski definition) is 9. The molecule has 47 heavy (non-hydrogen) atoms. The summed E-state index contributed by atoms with van der Waals surface area (Å²) in [6, 6.07) is 14.0. The number of amides is 2. The lowest BCUT2D eigenvalue weighted by molar-refractivity contribution is -0.118. The van der Waals surface area contributed by atoms with Gasteiger partial charge in [-0.1, -0.05) is 41.4 Å². The Labute approximate surface area is 279 Å². The molecular weight excluding hydrogens is 651 g/mol. The van der Waals surface area contributed by atoms with Crippen molar-refractivity contribution in [3.8, 4) is 17.2 Å². The molecule has 0 saturated heterocycles. The maximum atomic E-state index is 14.4. The summed E-state index contributed by atoms with van der Waals surface area (Å²) in [5, 5.41) is 35.3. The lowest BCUT2D eigenvalue weighted by Gasteiger charge is -2.40. The van der Waals surface area contributed by atoms with E-state index in [-0.39, 0.29) is 42.7 Å². The predicted octanol–water partition coefficient (Wildman–Crippen LogP) is 4.21. The van der Waals surface area contributed by atoms with E-state index in [2.05, 4.69) is 5.32 Å². The van der Waals surface area contributed by atoms with Crippen LogP contribution in [0, 0.1) is 0 Å². The fraction of sp³-hybridized carbons (Fsp3) is 0.294. The molecule has 0 radical (unpaired) electrons. The van der Waals surface area contributed by atoms with Crippen molar-refractivity contribution in [3.05, 3.63) is 98.7 Å². The molecule has 1 aromatic heterocycles. The SMILES string of the molecule is COc1cc(CO)cc2c1O[C@@H]1[C@@H](O)[C@H](N(Cc3ccc(Cl)c(Cl)c3)C(=O)c3cc4cccc(OC)c4o3)C=C(C(=O)NCCO)[C@H]21. The number of fused-ring (bicyclic) bond motifs is 4. The van der Waals surface area contributed by atoms with Crippen molar-refractivity contribution in [3.63, 3.8) is 0 Å². The number of hydrogen-bond donors (Lipinski definition) is 4. The van der Waals surface area contributed by atoms with Gasteiger partial charge in [0.1, 0.15) is 12.2 Å². The number of carbonyl (C=O) groups is 2. The van der Waals surface area contributed by atoms with Gasteiger partial charge in [-0.2, -0.15) is 0 Å². The molecule has 1 aliphatic carbocycles. The van der Waals surface area contributed by atoms with Gasteiger partial charge in [-0.3, -0.25) is 9.59 Å². The fourth-order valence-corrected chi connectivity index (χ4v) is 6.53. The van der Waals surface area contributed by atoms with E-state index in [4.69, 9.17) is 41.8 Å². The molecule has 0 spiro atoms. The van der Waals surface area contributed by atoms with E-state index in [0.717, 1.165) is 0 Å². The zero-order valence-corrected chi connectivity index (χ0v) is 26.9. The number of methoxy groups -OCH3 is 2. The largest absolute Gasteiger partial charge is 0.493 e. The van der Waals surface area contributed by atoms with Crippen LogP contribution >= 0.6 is 23.2 Å². The van der Waals surface area contributed by atoms with Crippen LogP contribution < -0.4 is 19.5 Å². The Hall–Kier alpha value is -4.26. The second-order valence-corrected chi connectivity index (χ2v) is 12.0. The normalized spacial score (nSPS) is 19.8. The molecule has 2 amide bonds. The third kappa shape index (κ3) is 6.01. The summed E-state index contributed by atoms with van der Waals surface area (Å²) >= 11 is 12.5. The summed E-state index contributed by atoms with van der Waals surface area (Å²) < 4.78 is 23.3. The van der Waals surface area contributed by atoms with Gasteiger partial charge >= 0.3 is 0 Å². The highest BCUT2D eigenvalue weighted by Gasteiger charge is 2.51. The molecule has 0 unspecified atom stereocenters. The van der Waals surface area contributed by atoms with E-state index < -0.39 is 36.0 Å². The average molecular weight is 684 g/mol. The number of carbonyl (C=O) groups excluding carboxylic acids is 2. The topological polar surface area (TPSA) is 151 Å². The minimum atomic E-state index is -1.35. The summed E-state index contributed by atoms with van der Waals surface area (Å²) in [7, 11) is 2.95. The van der Waals surface area contributed by atoms with Gasteiger partial charge in [0.25, 0.3) is 5.91 Å². The van der Waals surface area contributed by atoms with E-state index in [1.807, 2.05) is 0 Å². The van der Waals surface area contributed by atoms with Crippen molar-refractivity contribution < 1.29 is 43.5 Å². The molecule has 4 atom stereocenters. The summed E-state index contributed by atoms with van der Waals surface area (Å²) in [6.07, 6.45) is -0.847. The Kier molecular flexibility index (Phi) is 9.36. The predicted molar refractivity (Wildman–Crippen MR) is 173 cm³/mol. The highest BCUT2D eigenvalue weighted by molar-refractivity contribution is 6.42. The highest BCUT2D eigenvalue weighted by Crippen LogP contribution is 2.51. The maximum Gasteiger partial charge on any atom is 0.290 e. The molecule has 2 heterocycles. The highest BCUT2D eigenvalue weighted by atomic mass is 35.5. The molecule has 4 aromatic rings. The first-order valence-electron chi connectivity index (χ1n) is 14.8. The van der Waals surface area contributed by atoms with Crippen molar-refractivity contribution in [2.75, 3.05) is 27.4 Å². The van der Waals surface area contributed by atoms with Crippen molar-refractivity contribution in [2.45, 2.75) is 37.3 Å². The number of nitrogens with one attached hydrogen (secondary N) is 1. The van der Waals surface area contributed by atoms with E-state index in [0.29, 0.717) is 49.9 Å². The third-order valence-electron chi connectivity index (χ3n) is 8.39. The third-order valence-corrected chi connectivity index (χ3v) is 9.13. The molecule has 2 aliphatic rings. The first-order valence-corrected chi connectivity index (χ1v) is 15.5. The van der Waals surface area contributed by atoms with Crippen LogP contribution in [-0.4, -0.2) is 77.7 Å². The molecule has 4 N–H and O–H groups in total. The summed E-state index contributed by atoms with van der Waals surface area (Å²) in [6.45, 7) is -0.681. The maximum absolute atomic E-state index is 14.4. The Morgan fingerprint density at radius 3 is 2.47 bits per heavy atom.